The first-order valence-electron chi connectivity index (χ1n) is 8.03. The predicted octanol–water partition coefficient (Wildman–Crippen LogP) is 2.97. The van der Waals surface area contributed by atoms with Crippen LogP contribution < -0.4 is 14.8 Å². The van der Waals surface area contributed by atoms with Gasteiger partial charge in [0.1, 0.15) is 0 Å². The van der Waals surface area contributed by atoms with Gasteiger partial charge in [0.15, 0.2) is 18.1 Å². The van der Waals surface area contributed by atoms with Crippen LogP contribution in [0, 0.1) is 0 Å². The summed E-state index contributed by atoms with van der Waals surface area (Å²) >= 11 is 3.31. The third-order valence-electron chi connectivity index (χ3n) is 3.38. The van der Waals surface area contributed by atoms with E-state index in [-0.39, 0.29) is 5.56 Å². The van der Waals surface area contributed by atoms with Gasteiger partial charge in [-0.25, -0.2) is 4.79 Å². The van der Waals surface area contributed by atoms with Crippen LogP contribution in [0.1, 0.15) is 27.6 Å². The number of imide groups is 1. The Hall–Kier alpha value is -2.87. The van der Waals surface area contributed by atoms with E-state index in [2.05, 4.69) is 21.2 Å². The van der Waals surface area contributed by atoms with Gasteiger partial charge in [0.2, 0.25) is 0 Å². The number of benzene rings is 2. The Morgan fingerprint density at radius 1 is 1.07 bits per heavy atom. The van der Waals surface area contributed by atoms with Gasteiger partial charge in [-0.1, -0.05) is 18.2 Å². The molecule has 0 atom stereocenters. The smallest absolute Gasteiger partial charge is 0.338 e. The molecule has 0 unspecified atom stereocenters. The number of ether oxygens (including phenoxy) is 3. The Kier molecular flexibility index (Phi) is 7.36. The molecule has 1 N–H and O–H groups in total. The normalized spacial score (nSPS) is 10.0. The molecule has 0 aliphatic rings. The molecule has 142 valence electrons. The molecular formula is C19H18BrNO6. The highest BCUT2D eigenvalue weighted by Gasteiger charge is 2.18. The van der Waals surface area contributed by atoms with Crippen molar-refractivity contribution in [1.82, 2.24) is 5.32 Å². The number of rotatable bonds is 7. The van der Waals surface area contributed by atoms with E-state index in [9.17, 15) is 14.4 Å². The molecule has 2 rings (SSSR count). The maximum atomic E-state index is 12.2. The summed E-state index contributed by atoms with van der Waals surface area (Å²) in [6.07, 6.45) is 0. The number of esters is 1. The van der Waals surface area contributed by atoms with E-state index in [1.807, 2.05) is 6.92 Å². The quantitative estimate of drug-likeness (QED) is 0.672. The molecule has 2 aromatic carbocycles. The van der Waals surface area contributed by atoms with Crippen LogP contribution in [0.3, 0.4) is 0 Å². The molecule has 0 aliphatic heterocycles. The summed E-state index contributed by atoms with van der Waals surface area (Å²) in [5.41, 5.74) is 0.502. The molecular weight excluding hydrogens is 418 g/mol. The minimum atomic E-state index is -0.737. The van der Waals surface area contributed by atoms with Gasteiger partial charge in [0.25, 0.3) is 11.8 Å². The summed E-state index contributed by atoms with van der Waals surface area (Å²) in [5, 5.41) is 2.15. The highest BCUT2D eigenvalue weighted by molar-refractivity contribution is 9.10. The Balaban J connectivity index is 1.98. The summed E-state index contributed by atoms with van der Waals surface area (Å²) in [6, 6.07) is 11.2. The Bertz CT molecular complexity index is 838. The van der Waals surface area contributed by atoms with E-state index >= 15 is 0 Å². The zero-order valence-corrected chi connectivity index (χ0v) is 16.4. The van der Waals surface area contributed by atoms with Crippen LogP contribution in [0.4, 0.5) is 0 Å². The Morgan fingerprint density at radius 3 is 2.41 bits per heavy atom. The molecule has 0 heterocycles. The second-order valence-electron chi connectivity index (χ2n) is 5.24. The zero-order valence-electron chi connectivity index (χ0n) is 14.8. The SMILES string of the molecule is CCOc1c(Br)cc(C(=O)OCC(=O)NC(=O)c2ccccc2)cc1OC. The van der Waals surface area contributed by atoms with Crippen LogP contribution in [-0.4, -0.2) is 38.1 Å². The highest BCUT2D eigenvalue weighted by atomic mass is 79.9. The van der Waals surface area contributed by atoms with Crippen molar-refractivity contribution in [1.29, 1.82) is 0 Å². The summed E-state index contributed by atoms with van der Waals surface area (Å²) in [4.78, 5) is 35.9. The van der Waals surface area contributed by atoms with Gasteiger partial charge in [0, 0.05) is 5.56 Å². The van der Waals surface area contributed by atoms with Crippen LogP contribution >= 0.6 is 15.9 Å². The van der Waals surface area contributed by atoms with E-state index in [0.29, 0.717) is 28.1 Å². The van der Waals surface area contributed by atoms with Crippen molar-refractivity contribution in [3.8, 4) is 11.5 Å². The van der Waals surface area contributed by atoms with Crippen LogP contribution in [0.15, 0.2) is 46.9 Å². The van der Waals surface area contributed by atoms with Gasteiger partial charge in [-0.15, -0.1) is 0 Å². The number of nitrogens with one attached hydrogen (secondary N) is 1. The average molecular weight is 436 g/mol. The Labute approximate surface area is 164 Å². The molecule has 7 nitrogen and oxygen atoms in total. The summed E-state index contributed by atoms with van der Waals surface area (Å²) in [5.74, 6) is -1.22. The minimum Gasteiger partial charge on any atom is -0.493 e. The number of methoxy groups -OCH3 is 1. The summed E-state index contributed by atoms with van der Waals surface area (Å²) < 4.78 is 16.1. The number of carbonyl (C=O) groups excluding carboxylic acids is 3. The second-order valence-corrected chi connectivity index (χ2v) is 6.10. The van der Waals surface area contributed by atoms with Crippen LogP contribution in [0.2, 0.25) is 0 Å². The van der Waals surface area contributed by atoms with Crippen molar-refractivity contribution >= 4 is 33.7 Å². The summed E-state index contributed by atoms with van der Waals surface area (Å²) in [7, 11) is 1.45. The van der Waals surface area contributed by atoms with E-state index in [1.54, 1.807) is 30.3 Å². The molecule has 0 fully saturated rings. The molecule has 0 radical (unpaired) electrons. The third-order valence-corrected chi connectivity index (χ3v) is 3.97. The molecule has 0 saturated heterocycles. The summed E-state index contributed by atoms with van der Waals surface area (Å²) in [6.45, 7) is 1.66. The molecule has 0 bridgehead atoms. The van der Waals surface area contributed by atoms with Gasteiger partial charge in [-0.2, -0.15) is 0 Å². The van der Waals surface area contributed by atoms with Crippen LogP contribution in [0.5, 0.6) is 11.5 Å². The van der Waals surface area contributed by atoms with Crippen molar-refractivity contribution in [3.63, 3.8) is 0 Å². The maximum absolute atomic E-state index is 12.2. The van der Waals surface area contributed by atoms with Crippen LogP contribution in [-0.2, 0) is 9.53 Å². The van der Waals surface area contributed by atoms with Crippen molar-refractivity contribution in [3.05, 3.63) is 58.1 Å². The fourth-order valence-electron chi connectivity index (χ4n) is 2.16. The fourth-order valence-corrected chi connectivity index (χ4v) is 2.72. The van der Waals surface area contributed by atoms with Crippen molar-refractivity contribution in [2.24, 2.45) is 0 Å². The first-order valence-corrected chi connectivity index (χ1v) is 8.82. The standard InChI is InChI=1S/C19H18BrNO6/c1-3-26-17-14(20)9-13(10-15(17)25-2)19(24)27-11-16(22)21-18(23)12-7-5-4-6-8-12/h4-10H,3,11H2,1-2H3,(H,21,22,23). The maximum Gasteiger partial charge on any atom is 0.338 e. The minimum absolute atomic E-state index is 0.171. The van der Waals surface area contributed by atoms with Crippen molar-refractivity contribution in [2.45, 2.75) is 6.92 Å². The highest BCUT2D eigenvalue weighted by Crippen LogP contribution is 2.36. The van der Waals surface area contributed by atoms with E-state index in [0.717, 1.165) is 0 Å². The molecule has 0 aromatic heterocycles. The third kappa shape index (κ3) is 5.55. The molecule has 0 aliphatic carbocycles. The molecule has 8 heteroatoms. The largest absolute Gasteiger partial charge is 0.493 e. The number of hydrogen-bond acceptors (Lipinski definition) is 6. The lowest BCUT2D eigenvalue weighted by molar-refractivity contribution is -0.123. The van der Waals surface area contributed by atoms with E-state index in [4.69, 9.17) is 14.2 Å². The van der Waals surface area contributed by atoms with Gasteiger partial charge in [-0.3, -0.25) is 14.9 Å². The average Bonchev–Trinajstić information content (AvgIpc) is 2.68. The molecule has 27 heavy (non-hydrogen) atoms. The number of carbonyl (C=O) groups is 3. The van der Waals surface area contributed by atoms with Gasteiger partial charge in [-0.05, 0) is 47.1 Å². The van der Waals surface area contributed by atoms with Crippen molar-refractivity contribution < 1.29 is 28.6 Å². The van der Waals surface area contributed by atoms with E-state index in [1.165, 1.54) is 19.2 Å². The van der Waals surface area contributed by atoms with Gasteiger partial charge in [0.05, 0.1) is 23.8 Å². The lowest BCUT2D eigenvalue weighted by Gasteiger charge is -2.13. The molecule has 2 amide bonds. The van der Waals surface area contributed by atoms with Crippen LogP contribution in [0.25, 0.3) is 0 Å². The lowest BCUT2D eigenvalue weighted by Crippen LogP contribution is -2.34. The predicted molar refractivity (Wildman–Crippen MR) is 101 cm³/mol. The molecule has 2 aromatic rings. The van der Waals surface area contributed by atoms with Gasteiger partial charge < -0.3 is 14.2 Å². The monoisotopic (exact) mass is 435 g/mol. The van der Waals surface area contributed by atoms with Crippen molar-refractivity contribution in [2.75, 3.05) is 20.3 Å². The molecule has 0 saturated carbocycles. The number of halogens is 1. The number of amides is 2. The second kappa shape index (κ2) is 9.72. The fraction of sp³-hybridized carbons (Fsp3) is 0.211. The zero-order chi connectivity index (χ0) is 19.8. The first kappa shape index (κ1) is 20.4. The lowest BCUT2D eigenvalue weighted by atomic mass is 10.2. The topological polar surface area (TPSA) is 90.9 Å². The first-order chi connectivity index (χ1) is 13.0. The van der Waals surface area contributed by atoms with Gasteiger partial charge >= 0.3 is 5.97 Å². The number of hydrogen-bond donors (Lipinski definition) is 1. The Morgan fingerprint density at radius 2 is 1.78 bits per heavy atom. The van der Waals surface area contributed by atoms with E-state index < -0.39 is 24.4 Å². The molecule has 0 spiro atoms.